The molecular weight excluding hydrogens is 328 g/mol. The molecule has 1 N–H and O–H groups in total. The van der Waals surface area contributed by atoms with E-state index in [0.717, 1.165) is 28.6 Å². The Bertz CT molecular complexity index is 673. The number of rotatable bonds is 5. The molecule has 0 radical (unpaired) electrons. The average molecular weight is 349 g/mol. The van der Waals surface area contributed by atoms with Crippen LogP contribution in [0, 0.1) is 6.92 Å². The summed E-state index contributed by atoms with van der Waals surface area (Å²) in [4.78, 5) is 1.99. The van der Waals surface area contributed by atoms with E-state index < -0.39 is 0 Å². The van der Waals surface area contributed by atoms with Gasteiger partial charge in [0.25, 0.3) is 0 Å². The minimum Gasteiger partial charge on any atom is -0.494 e. The van der Waals surface area contributed by atoms with Gasteiger partial charge in [-0.15, -0.1) is 0 Å². The smallest absolute Gasteiger partial charge is 0.173 e. The lowest BCUT2D eigenvalue weighted by Crippen LogP contribution is -2.30. The van der Waals surface area contributed by atoms with Crippen molar-refractivity contribution in [2.24, 2.45) is 0 Å². The zero-order valence-corrected chi connectivity index (χ0v) is 15.2. The first-order chi connectivity index (χ1) is 11.0. The molecule has 0 aliphatic rings. The van der Waals surface area contributed by atoms with Gasteiger partial charge < -0.3 is 15.0 Å². The van der Waals surface area contributed by atoms with Crippen molar-refractivity contribution in [3.05, 3.63) is 58.6 Å². The second-order valence-corrected chi connectivity index (χ2v) is 6.07. The van der Waals surface area contributed by atoms with E-state index in [1.807, 2.05) is 56.1 Å². The van der Waals surface area contributed by atoms with Gasteiger partial charge in [-0.05, 0) is 61.5 Å². The predicted octanol–water partition coefficient (Wildman–Crippen LogP) is 4.88. The summed E-state index contributed by atoms with van der Waals surface area (Å²) >= 11 is 11.6. The molecule has 0 aliphatic heterocycles. The molecule has 0 spiro atoms. The van der Waals surface area contributed by atoms with Crippen molar-refractivity contribution in [1.82, 2.24) is 4.90 Å². The predicted molar refractivity (Wildman–Crippen MR) is 101 cm³/mol. The summed E-state index contributed by atoms with van der Waals surface area (Å²) in [6, 6.07) is 13.8. The lowest BCUT2D eigenvalue weighted by molar-refractivity contribution is 0.340. The van der Waals surface area contributed by atoms with E-state index in [-0.39, 0.29) is 0 Å². The third-order valence-corrected chi connectivity index (χ3v) is 4.33. The maximum absolute atomic E-state index is 6.14. The van der Waals surface area contributed by atoms with Crippen LogP contribution in [0.5, 0.6) is 5.75 Å². The molecule has 0 aromatic heterocycles. The van der Waals surface area contributed by atoms with E-state index >= 15 is 0 Å². The molecule has 0 fully saturated rings. The van der Waals surface area contributed by atoms with Gasteiger partial charge in [0.05, 0.1) is 6.61 Å². The number of benzene rings is 2. The first-order valence-electron chi connectivity index (χ1n) is 7.50. The number of hydrogen-bond donors (Lipinski definition) is 1. The van der Waals surface area contributed by atoms with Crippen LogP contribution in [-0.2, 0) is 6.54 Å². The number of halogens is 1. The molecule has 0 heterocycles. The summed E-state index contributed by atoms with van der Waals surface area (Å²) in [5.41, 5.74) is 3.09. The van der Waals surface area contributed by atoms with Gasteiger partial charge in [0, 0.05) is 24.3 Å². The standard InChI is InChI=1S/C18H21ClN2OS/c1-4-22-15-10-8-14(9-11-15)12-21(3)18(23)20-17-7-5-6-16(19)13(17)2/h5-11H,4,12H2,1-3H3,(H,20,23). The average Bonchev–Trinajstić information content (AvgIpc) is 2.54. The van der Waals surface area contributed by atoms with Gasteiger partial charge in [0.15, 0.2) is 5.11 Å². The molecule has 2 aromatic rings. The number of nitrogens with zero attached hydrogens (tertiary/aromatic N) is 1. The SMILES string of the molecule is CCOc1ccc(CN(C)C(=S)Nc2cccc(Cl)c2C)cc1. The Morgan fingerprint density at radius 1 is 1.22 bits per heavy atom. The largest absolute Gasteiger partial charge is 0.494 e. The molecule has 2 aromatic carbocycles. The van der Waals surface area contributed by atoms with Crippen LogP contribution in [0.4, 0.5) is 5.69 Å². The van der Waals surface area contributed by atoms with Crippen molar-refractivity contribution >= 4 is 34.6 Å². The Balaban J connectivity index is 1.98. The summed E-state index contributed by atoms with van der Waals surface area (Å²) in [5.74, 6) is 0.883. The molecular formula is C18H21ClN2OS. The minimum atomic E-state index is 0.657. The molecule has 0 saturated carbocycles. The Kier molecular flexibility index (Phi) is 6.25. The highest BCUT2D eigenvalue weighted by Gasteiger charge is 2.08. The number of hydrogen-bond acceptors (Lipinski definition) is 2. The zero-order chi connectivity index (χ0) is 16.8. The van der Waals surface area contributed by atoms with Crippen LogP contribution < -0.4 is 10.1 Å². The van der Waals surface area contributed by atoms with Gasteiger partial charge in [-0.25, -0.2) is 0 Å². The fraction of sp³-hybridized carbons (Fsp3) is 0.278. The highest BCUT2D eigenvalue weighted by molar-refractivity contribution is 7.80. The van der Waals surface area contributed by atoms with E-state index in [1.165, 1.54) is 5.56 Å². The number of anilines is 1. The fourth-order valence-corrected chi connectivity index (χ4v) is 2.51. The second-order valence-electron chi connectivity index (χ2n) is 5.28. The van der Waals surface area contributed by atoms with E-state index in [9.17, 15) is 0 Å². The van der Waals surface area contributed by atoms with Crippen LogP contribution in [0.3, 0.4) is 0 Å². The molecule has 0 aliphatic carbocycles. The third-order valence-electron chi connectivity index (χ3n) is 3.51. The third kappa shape index (κ3) is 4.85. The molecule has 0 saturated heterocycles. The van der Waals surface area contributed by atoms with E-state index in [0.29, 0.717) is 11.7 Å². The van der Waals surface area contributed by atoms with Gasteiger partial charge in [0.2, 0.25) is 0 Å². The normalized spacial score (nSPS) is 10.3. The van der Waals surface area contributed by atoms with Crippen LogP contribution in [0.1, 0.15) is 18.1 Å². The Morgan fingerprint density at radius 2 is 1.91 bits per heavy atom. The summed E-state index contributed by atoms with van der Waals surface area (Å²) in [5, 5.41) is 4.64. The fourth-order valence-electron chi connectivity index (χ4n) is 2.16. The summed E-state index contributed by atoms with van der Waals surface area (Å²) in [7, 11) is 1.96. The molecule has 3 nitrogen and oxygen atoms in total. The summed E-state index contributed by atoms with van der Waals surface area (Å²) in [6.07, 6.45) is 0. The maximum atomic E-state index is 6.14. The number of nitrogens with one attached hydrogen (secondary N) is 1. The van der Waals surface area contributed by atoms with E-state index in [1.54, 1.807) is 0 Å². The van der Waals surface area contributed by atoms with Crippen molar-refractivity contribution in [2.45, 2.75) is 20.4 Å². The van der Waals surface area contributed by atoms with E-state index in [2.05, 4.69) is 17.4 Å². The Morgan fingerprint density at radius 3 is 2.57 bits per heavy atom. The van der Waals surface area contributed by atoms with Crippen molar-refractivity contribution < 1.29 is 4.74 Å². The minimum absolute atomic E-state index is 0.657. The van der Waals surface area contributed by atoms with Crippen LogP contribution in [-0.4, -0.2) is 23.7 Å². The molecule has 0 atom stereocenters. The van der Waals surface area contributed by atoms with Crippen molar-refractivity contribution in [1.29, 1.82) is 0 Å². The van der Waals surface area contributed by atoms with Crippen LogP contribution in [0.25, 0.3) is 0 Å². The van der Waals surface area contributed by atoms with Crippen molar-refractivity contribution in [3.63, 3.8) is 0 Å². The lowest BCUT2D eigenvalue weighted by atomic mass is 10.2. The highest BCUT2D eigenvalue weighted by Crippen LogP contribution is 2.23. The molecule has 5 heteroatoms. The number of thiocarbonyl (C=S) groups is 1. The monoisotopic (exact) mass is 348 g/mol. The zero-order valence-electron chi connectivity index (χ0n) is 13.6. The molecule has 23 heavy (non-hydrogen) atoms. The number of ether oxygens (including phenoxy) is 1. The molecule has 0 bridgehead atoms. The van der Waals surface area contributed by atoms with Crippen LogP contribution in [0.15, 0.2) is 42.5 Å². The van der Waals surface area contributed by atoms with Gasteiger partial charge in [-0.2, -0.15) is 0 Å². The van der Waals surface area contributed by atoms with Gasteiger partial charge in [-0.3, -0.25) is 0 Å². The summed E-state index contributed by atoms with van der Waals surface area (Å²) in [6.45, 7) is 5.34. The van der Waals surface area contributed by atoms with Gasteiger partial charge >= 0.3 is 0 Å². The topological polar surface area (TPSA) is 24.5 Å². The molecule has 0 amide bonds. The van der Waals surface area contributed by atoms with Crippen molar-refractivity contribution in [2.75, 3.05) is 19.0 Å². The Labute approximate surface area is 148 Å². The molecule has 122 valence electrons. The first kappa shape index (κ1) is 17.6. The quantitative estimate of drug-likeness (QED) is 0.778. The maximum Gasteiger partial charge on any atom is 0.173 e. The Hall–Kier alpha value is -1.78. The van der Waals surface area contributed by atoms with Gasteiger partial charge in [-0.1, -0.05) is 29.8 Å². The summed E-state index contributed by atoms with van der Waals surface area (Å²) < 4.78 is 5.45. The van der Waals surface area contributed by atoms with Crippen LogP contribution in [0.2, 0.25) is 5.02 Å². The van der Waals surface area contributed by atoms with Crippen LogP contribution >= 0.6 is 23.8 Å². The lowest BCUT2D eigenvalue weighted by Gasteiger charge is -2.22. The molecule has 0 unspecified atom stereocenters. The second kappa shape index (κ2) is 8.18. The first-order valence-corrected chi connectivity index (χ1v) is 8.29. The molecule has 2 rings (SSSR count). The highest BCUT2D eigenvalue weighted by atomic mass is 35.5. The van der Waals surface area contributed by atoms with Gasteiger partial charge in [0.1, 0.15) is 5.75 Å². The van der Waals surface area contributed by atoms with E-state index in [4.69, 9.17) is 28.6 Å². The van der Waals surface area contributed by atoms with Crippen molar-refractivity contribution in [3.8, 4) is 5.75 Å².